The molecule has 0 fully saturated rings. The number of rotatable bonds is 5. The molecule has 0 amide bonds. The predicted octanol–water partition coefficient (Wildman–Crippen LogP) is 3.31. The van der Waals surface area contributed by atoms with E-state index in [1.807, 2.05) is 0 Å². The number of carbonyl (C=O) groups excluding carboxylic acids is 2. The summed E-state index contributed by atoms with van der Waals surface area (Å²) in [6.07, 6.45) is 8.04. The van der Waals surface area contributed by atoms with Gasteiger partial charge in [-0.2, -0.15) is 0 Å². The predicted molar refractivity (Wildman–Crippen MR) is 63.9 cm³/mol. The Kier molecular flexibility index (Phi) is 4.95. The van der Waals surface area contributed by atoms with Crippen LogP contribution in [0.3, 0.4) is 0 Å². The molecule has 0 aromatic carbocycles. The summed E-state index contributed by atoms with van der Waals surface area (Å²) < 4.78 is 0.366. The lowest BCUT2D eigenvalue weighted by Crippen LogP contribution is -2.10. The molecule has 2 nitrogen and oxygen atoms in total. The summed E-state index contributed by atoms with van der Waals surface area (Å²) in [6, 6.07) is 0. The zero-order chi connectivity index (χ0) is 11.3. The first-order valence-electron chi connectivity index (χ1n) is 5.31. The van der Waals surface area contributed by atoms with E-state index in [2.05, 4.69) is 22.9 Å². The largest absolute Gasteiger partial charge is 0.290 e. The summed E-state index contributed by atoms with van der Waals surface area (Å²) in [5, 5.41) is 0. The van der Waals surface area contributed by atoms with Gasteiger partial charge in [0.1, 0.15) is 0 Å². The van der Waals surface area contributed by atoms with Crippen LogP contribution in [0.25, 0.3) is 0 Å². The number of ketones is 2. The quantitative estimate of drug-likeness (QED) is 0.568. The van der Waals surface area contributed by atoms with E-state index in [1.54, 1.807) is 0 Å². The molecule has 0 N–H and O–H groups in total. The molecule has 0 aromatic heterocycles. The zero-order valence-corrected chi connectivity index (χ0v) is 10.5. The number of hydrogen-bond donors (Lipinski definition) is 0. The molecule has 0 aromatic rings. The molecular formula is C12H15BrO2. The van der Waals surface area contributed by atoms with Gasteiger partial charge in [-0.25, -0.2) is 0 Å². The van der Waals surface area contributed by atoms with E-state index >= 15 is 0 Å². The fourth-order valence-corrected chi connectivity index (χ4v) is 1.84. The van der Waals surface area contributed by atoms with Gasteiger partial charge in [0, 0.05) is 11.6 Å². The van der Waals surface area contributed by atoms with Crippen LogP contribution in [-0.2, 0) is 9.59 Å². The molecule has 82 valence electrons. The highest BCUT2D eigenvalue weighted by Crippen LogP contribution is 2.20. The highest BCUT2D eigenvalue weighted by molar-refractivity contribution is 9.12. The Hall–Kier alpha value is -0.700. The molecule has 1 aliphatic rings. The second-order valence-corrected chi connectivity index (χ2v) is 4.56. The Bertz CT molecular complexity index is 327. The van der Waals surface area contributed by atoms with E-state index in [9.17, 15) is 9.59 Å². The molecule has 0 spiro atoms. The van der Waals surface area contributed by atoms with Gasteiger partial charge in [-0.15, -0.1) is 0 Å². The fourth-order valence-electron chi connectivity index (χ4n) is 1.51. The fraction of sp³-hybridized carbons (Fsp3) is 0.500. The lowest BCUT2D eigenvalue weighted by Gasteiger charge is -2.08. The summed E-state index contributed by atoms with van der Waals surface area (Å²) in [5.41, 5.74) is 0.652. The van der Waals surface area contributed by atoms with E-state index in [-0.39, 0.29) is 11.6 Å². The van der Waals surface area contributed by atoms with Crippen molar-refractivity contribution in [3.63, 3.8) is 0 Å². The highest BCUT2D eigenvalue weighted by Gasteiger charge is 2.17. The number of allylic oxidation sites excluding steroid dienone is 4. The summed E-state index contributed by atoms with van der Waals surface area (Å²) in [5.74, 6) is -0.127. The van der Waals surface area contributed by atoms with Gasteiger partial charge in [0.25, 0.3) is 0 Å². The van der Waals surface area contributed by atoms with E-state index in [4.69, 9.17) is 0 Å². The van der Waals surface area contributed by atoms with Crippen LogP contribution in [0.1, 0.15) is 39.0 Å². The van der Waals surface area contributed by atoms with Gasteiger partial charge in [0.15, 0.2) is 11.6 Å². The summed E-state index contributed by atoms with van der Waals surface area (Å²) in [6.45, 7) is 2.15. The second-order valence-electron chi connectivity index (χ2n) is 3.70. The van der Waals surface area contributed by atoms with E-state index in [0.29, 0.717) is 10.1 Å². The molecule has 0 aliphatic heterocycles. The van der Waals surface area contributed by atoms with Crippen LogP contribution < -0.4 is 0 Å². The molecule has 0 saturated carbocycles. The molecule has 0 unspecified atom stereocenters. The maximum Gasteiger partial charge on any atom is 0.193 e. The van der Waals surface area contributed by atoms with Crippen molar-refractivity contribution in [1.29, 1.82) is 0 Å². The van der Waals surface area contributed by atoms with Crippen molar-refractivity contribution in [2.75, 3.05) is 0 Å². The van der Waals surface area contributed by atoms with Gasteiger partial charge in [-0.05, 0) is 34.8 Å². The van der Waals surface area contributed by atoms with Crippen molar-refractivity contribution in [2.24, 2.45) is 0 Å². The molecular weight excluding hydrogens is 256 g/mol. The standard InChI is InChI=1S/C12H15BrO2/c1-2-3-4-5-6-9-7-12(15)10(13)8-11(9)14/h7-8H,2-6H2,1H3. The Balaban J connectivity index is 2.46. The molecule has 0 atom stereocenters. The van der Waals surface area contributed by atoms with Crippen molar-refractivity contribution >= 4 is 27.5 Å². The van der Waals surface area contributed by atoms with Gasteiger partial charge >= 0.3 is 0 Å². The molecule has 1 rings (SSSR count). The molecule has 3 heteroatoms. The van der Waals surface area contributed by atoms with E-state index in [1.165, 1.54) is 25.0 Å². The molecule has 0 radical (unpaired) electrons. The lowest BCUT2D eigenvalue weighted by atomic mass is 9.98. The normalized spacial score (nSPS) is 16.4. The molecule has 0 bridgehead atoms. The highest BCUT2D eigenvalue weighted by atomic mass is 79.9. The Morgan fingerprint density at radius 2 is 1.80 bits per heavy atom. The van der Waals surface area contributed by atoms with Gasteiger partial charge < -0.3 is 0 Å². The third-order valence-corrected chi connectivity index (χ3v) is 3.03. The monoisotopic (exact) mass is 270 g/mol. The molecule has 15 heavy (non-hydrogen) atoms. The van der Waals surface area contributed by atoms with Crippen LogP contribution >= 0.6 is 15.9 Å². The first-order valence-corrected chi connectivity index (χ1v) is 6.11. The first kappa shape index (κ1) is 12.4. The van der Waals surface area contributed by atoms with Gasteiger partial charge in [0.2, 0.25) is 0 Å². The van der Waals surface area contributed by atoms with Gasteiger partial charge in [-0.3, -0.25) is 9.59 Å². The molecule has 0 heterocycles. The van der Waals surface area contributed by atoms with Gasteiger partial charge in [0.05, 0.1) is 4.48 Å². The summed E-state index contributed by atoms with van der Waals surface area (Å²) >= 11 is 3.06. The average Bonchev–Trinajstić information content (AvgIpc) is 2.20. The van der Waals surface area contributed by atoms with Crippen molar-refractivity contribution in [3.05, 3.63) is 22.2 Å². The topological polar surface area (TPSA) is 34.1 Å². The Labute approximate surface area is 98.6 Å². The van der Waals surface area contributed by atoms with Crippen LogP contribution in [0.2, 0.25) is 0 Å². The van der Waals surface area contributed by atoms with Crippen molar-refractivity contribution in [3.8, 4) is 0 Å². The van der Waals surface area contributed by atoms with Gasteiger partial charge in [-0.1, -0.05) is 26.2 Å². The maximum absolute atomic E-state index is 11.5. The van der Waals surface area contributed by atoms with E-state index < -0.39 is 0 Å². The zero-order valence-electron chi connectivity index (χ0n) is 8.88. The lowest BCUT2D eigenvalue weighted by molar-refractivity contribution is -0.114. The summed E-state index contributed by atoms with van der Waals surface area (Å²) in [7, 11) is 0. The van der Waals surface area contributed by atoms with Crippen molar-refractivity contribution < 1.29 is 9.59 Å². The smallest absolute Gasteiger partial charge is 0.193 e. The number of hydrogen-bond acceptors (Lipinski definition) is 2. The summed E-state index contributed by atoms with van der Waals surface area (Å²) in [4.78, 5) is 22.8. The molecule has 0 saturated heterocycles. The Morgan fingerprint density at radius 3 is 2.47 bits per heavy atom. The van der Waals surface area contributed by atoms with Crippen LogP contribution in [0, 0.1) is 0 Å². The van der Waals surface area contributed by atoms with Crippen LogP contribution in [0.4, 0.5) is 0 Å². The number of halogens is 1. The Morgan fingerprint density at radius 1 is 1.07 bits per heavy atom. The molecule has 1 aliphatic carbocycles. The van der Waals surface area contributed by atoms with Crippen LogP contribution in [0.5, 0.6) is 0 Å². The minimum Gasteiger partial charge on any atom is -0.290 e. The van der Waals surface area contributed by atoms with Crippen molar-refractivity contribution in [1.82, 2.24) is 0 Å². The number of carbonyl (C=O) groups is 2. The first-order chi connectivity index (χ1) is 7.15. The SMILES string of the molecule is CCCCCCC1=CC(=O)C(Br)=CC1=O. The third-order valence-electron chi connectivity index (χ3n) is 2.41. The van der Waals surface area contributed by atoms with Crippen LogP contribution in [0.15, 0.2) is 22.2 Å². The number of unbranched alkanes of at least 4 members (excludes halogenated alkanes) is 3. The minimum absolute atomic E-state index is 0.0297. The van der Waals surface area contributed by atoms with E-state index in [0.717, 1.165) is 19.3 Å². The van der Waals surface area contributed by atoms with Crippen LogP contribution in [-0.4, -0.2) is 11.6 Å². The average molecular weight is 271 g/mol. The maximum atomic E-state index is 11.5. The third kappa shape index (κ3) is 3.74. The second kappa shape index (κ2) is 6.01. The van der Waals surface area contributed by atoms with Crippen molar-refractivity contribution in [2.45, 2.75) is 39.0 Å². The minimum atomic E-state index is -0.0971.